The van der Waals surface area contributed by atoms with Crippen LogP contribution in [0.15, 0.2) is 0 Å². The molecule has 3 aliphatic rings. The lowest BCUT2D eigenvalue weighted by molar-refractivity contribution is -0.318. The van der Waals surface area contributed by atoms with Crippen LogP contribution in [-0.4, -0.2) is 128 Å². The first-order valence-corrected chi connectivity index (χ1v) is 10.9. The molecule has 3 rings (SSSR count). The molecule has 0 aliphatic carbocycles. The molecule has 186 valence electrons. The summed E-state index contributed by atoms with van der Waals surface area (Å²) < 4.78 is 16.3. The first kappa shape index (κ1) is 25.7. The molecule has 12 nitrogen and oxygen atoms in total. The number of amides is 1. The number of hydrogen-bond acceptors (Lipinski definition) is 11. The Labute approximate surface area is 185 Å². The van der Waals surface area contributed by atoms with Crippen LogP contribution in [0, 0.1) is 11.8 Å². The maximum atomic E-state index is 12.4. The second-order valence-electron chi connectivity index (χ2n) is 9.40. The quantitative estimate of drug-likeness (QED) is 0.188. The summed E-state index contributed by atoms with van der Waals surface area (Å²) in [5.41, 5.74) is 0. The van der Waals surface area contributed by atoms with Crippen LogP contribution in [0.1, 0.15) is 26.7 Å². The SMILES string of the molecule is CC(C)C[C@@H]1CC(=O)N(C[C@@]2(O)O[C@H](CO)C(O[C@@H]3OC(CO)[C@H](O)C(O)C3O)C2O)C1. The zero-order chi connectivity index (χ0) is 23.8. The van der Waals surface area contributed by atoms with Crippen molar-refractivity contribution in [2.75, 3.05) is 26.3 Å². The molecule has 3 heterocycles. The summed E-state index contributed by atoms with van der Waals surface area (Å²) in [6, 6.07) is 0. The molecule has 7 N–H and O–H groups in total. The number of ether oxygens (including phenoxy) is 3. The standard InChI is InChI=1S/C20H35NO11/c1-9(2)3-10-4-13(24)21(5-10)8-20(29)18(28)17(12(7-23)32-20)31-19-16(27)15(26)14(25)11(6-22)30-19/h9-12,14-19,22-23,25-29H,3-8H2,1-2H3/t10-,11?,12-,14+,15?,16?,17?,18?,19+,20-/m1/s1. The van der Waals surface area contributed by atoms with Crippen molar-refractivity contribution in [2.24, 2.45) is 11.8 Å². The molecule has 3 saturated heterocycles. The number of nitrogens with zero attached hydrogens (tertiary/aromatic N) is 1. The predicted octanol–water partition coefficient (Wildman–Crippen LogP) is -3.49. The Morgan fingerprint density at radius 3 is 2.34 bits per heavy atom. The average Bonchev–Trinajstić information content (AvgIpc) is 3.18. The van der Waals surface area contributed by atoms with E-state index in [0.717, 1.165) is 6.42 Å². The lowest BCUT2D eigenvalue weighted by Gasteiger charge is -2.41. The number of aliphatic hydroxyl groups excluding tert-OH is 6. The van der Waals surface area contributed by atoms with Gasteiger partial charge in [0.25, 0.3) is 0 Å². The van der Waals surface area contributed by atoms with Crippen molar-refractivity contribution in [1.82, 2.24) is 4.90 Å². The maximum Gasteiger partial charge on any atom is 0.223 e. The number of β-amino-alcohol motifs (C(OH)–C–C–N with tert-alkyl or cyclic N) is 1. The fraction of sp³-hybridized carbons (Fsp3) is 0.950. The molecular formula is C20H35NO11. The summed E-state index contributed by atoms with van der Waals surface area (Å²) >= 11 is 0. The lowest BCUT2D eigenvalue weighted by Crippen LogP contribution is -2.61. The Hall–Kier alpha value is -0.930. The average molecular weight is 465 g/mol. The topological polar surface area (TPSA) is 190 Å². The third kappa shape index (κ3) is 5.09. The number of aliphatic hydroxyl groups is 7. The summed E-state index contributed by atoms with van der Waals surface area (Å²) in [4.78, 5) is 13.8. The molecular weight excluding hydrogens is 430 g/mol. The highest BCUT2D eigenvalue weighted by atomic mass is 16.7. The molecule has 0 bridgehead atoms. The molecule has 0 saturated carbocycles. The summed E-state index contributed by atoms with van der Waals surface area (Å²) in [6.45, 7) is 2.83. The summed E-state index contributed by atoms with van der Waals surface area (Å²) in [7, 11) is 0. The molecule has 5 unspecified atom stereocenters. The summed E-state index contributed by atoms with van der Waals surface area (Å²) in [5, 5.41) is 70.8. The third-order valence-electron chi connectivity index (χ3n) is 6.33. The molecule has 1 amide bonds. The van der Waals surface area contributed by atoms with Crippen LogP contribution in [0.5, 0.6) is 0 Å². The second-order valence-corrected chi connectivity index (χ2v) is 9.40. The smallest absolute Gasteiger partial charge is 0.223 e. The third-order valence-corrected chi connectivity index (χ3v) is 6.33. The van der Waals surface area contributed by atoms with E-state index in [1.54, 1.807) is 0 Å². The molecule has 12 heteroatoms. The summed E-state index contributed by atoms with van der Waals surface area (Å²) in [5.74, 6) is -1.90. The van der Waals surface area contributed by atoms with Gasteiger partial charge < -0.3 is 54.9 Å². The molecule has 10 atom stereocenters. The van der Waals surface area contributed by atoms with Crippen molar-refractivity contribution in [3.8, 4) is 0 Å². The van der Waals surface area contributed by atoms with Crippen LogP contribution in [0.4, 0.5) is 0 Å². The first-order valence-electron chi connectivity index (χ1n) is 10.9. The lowest BCUT2D eigenvalue weighted by atomic mass is 9.96. The van der Waals surface area contributed by atoms with Gasteiger partial charge in [0, 0.05) is 13.0 Å². The van der Waals surface area contributed by atoms with Gasteiger partial charge in [0.1, 0.15) is 42.7 Å². The fourth-order valence-electron chi connectivity index (χ4n) is 4.73. The monoisotopic (exact) mass is 465 g/mol. The Morgan fingerprint density at radius 1 is 1.09 bits per heavy atom. The Kier molecular flexibility index (Phi) is 8.14. The number of likely N-dealkylation sites (tertiary alicyclic amines) is 1. The minimum atomic E-state index is -2.24. The summed E-state index contributed by atoms with van der Waals surface area (Å²) in [6.07, 6.45) is -11.0. The van der Waals surface area contributed by atoms with Gasteiger partial charge in [-0.05, 0) is 18.3 Å². The van der Waals surface area contributed by atoms with E-state index in [1.807, 2.05) is 0 Å². The number of hydrogen-bond donors (Lipinski definition) is 7. The van der Waals surface area contributed by atoms with E-state index in [2.05, 4.69) is 13.8 Å². The number of carbonyl (C=O) groups excluding carboxylic acids is 1. The van der Waals surface area contributed by atoms with Crippen molar-refractivity contribution in [3.63, 3.8) is 0 Å². The molecule has 0 aromatic carbocycles. The zero-order valence-corrected chi connectivity index (χ0v) is 18.2. The van der Waals surface area contributed by atoms with Crippen molar-refractivity contribution in [2.45, 2.75) is 81.5 Å². The van der Waals surface area contributed by atoms with Crippen LogP contribution in [0.2, 0.25) is 0 Å². The van der Waals surface area contributed by atoms with E-state index < -0.39 is 68.0 Å². The van der Waals surface area contributed by atoms with Gasteiger partial charge >= 0.3 is 0 Å². The van der Waals surface area contributed by atoms with Gasteiger partial charge in [0.05, 0.1) is 19.8 Å². The van der Waals surface area contributed by atoms with Crippen LogP contribution in [0.3, 0.4) is 0 Å². The van der Waals surface area contributed by atoms with E-state index in [9.17, 15) is 40.5 Å². The van der Waals surface area contributed by atoms with Crippen LogP contribution < -0.4 is 0 Å². The number of carbonyl (C=O) groups is 1. The van der Waals surface area contributed by atoms with Gasteiger partial charge in [-0.2, -0.15) is 0 Å². The highest BCUT2D eigenvalue weighted by Gasteiger charge is 2.58. The van der Waals surface area contributed by atoms with Crippen molar-refractivity contribution < 1.29 is 54.8 Å². The molecule has 0 aromatic heterocycles. The molecule has 3 fully saturated rings. The number of rotatable bonds is 8. The van der Waals surface area contributed by atoms with E-state index in [1.165, 1.54) is 4.90 Å². The minimum Gasteiger partial charge on any atom is -0.394 e. The molecule has 32 heavy (non-hydrogen) atoms. The fourth-order valence-corrected chi connectivity index (χ4v) is 4.73. The molecule has 0 spiro atoms. The van der Waals surface area contributed by atoms with Gasteiger partial charge in [-0.3, -0.25) is 4.79 Å². The zero-order valence-electron chi connectivity index (χ0n) is 18.2. The van der Waals surface area contributed by atoms with E-state index in [-0.39, 0.29) is 18.4 Å². The highest BCUT2D eigenvalue weighted by molar-refractivity contribution is 5.78. The van der Waals surface area contributed by atoms with Crippen molar-refractivity contribution >= 4 is 5.91 Å². The van der Waals surface area contributed by atoms with Crippen LogP contribution in [0.25, 0.3) is 0 Å². The van der Waals surface area contributed by atoms with E-state index in [4.69, 9.17) is 14.2 Å². The van der Waals surface area contributed by atoms with Gasteiger partial charge in [-0.1, -0.05) is 13.8 Å². The van der Waals surface area contributed by atoms with E-state index in [0.29, 0.717) is 18.9 Å². The normalized spacial score (nSPS) is 45.2. The van der Waals surface area contributed by atoms with Gasteiger partial charge in [-0.15, -0.1) is 0 Å². The van der Waals surface area contributed by atoms with E-state index >= 15 is 0 Å². The Balaban J connectivity index is 1.69. The first-order chi connectivity index (χ1) is 15.0. The Morgan fingerprint density at radius 2 is 1.75 bits per heavy atom. The molecule has 0 aromatic rings. The Bertz CT molecular complexity index is 649. The van der Waals surface area contributed by atoms with Crippen molar-refractivity contribution in [1.29, 1.82) is 0 Å². The van der Waals surface area contributed by atoms with Gasteiger partial charge in [-0.25, -0.2) is 0 Å². The van der Waals surface area contributed by atoms with Crippen molar-refractivity contribution in [3.05, 3.63) is 0 Å². The largest absolute Gasteiger partial charge is 0.394 e. The highest BCUT2D eigenvalue weighted by Crippen LogP contribution is 2.36. The minimum absolute atomic E-state index is 0.124. The second kappa shape index (κ2) is 10.1. The van der Waals surface area contributed by atoms with Crippen LogP contribution >= 0.6 is 0 Å². The molecule has 0 radical (unpaired) electrons. The predicted molar refractivity (Wildman–Crippen MR) is 106 cm³/mol. The van der Waals surface area contributed by atoms with Crippen LogP contribution in [-0.2, 0) is 19.0 Å². The van der Waals surface area contributed by atoms with Gasteiger partial charge in [0.2, 0.25) is 11.7 Å². The molecule has 3 aliphatic heterocycles. The maximum absolute atomic E-state index is 12.4. The van der Waals surface area contributed by atoms with Gasteiger partial charge in [0.15, 0.2) is 6.29 Å².